The van der Waals surface area contributed by atoms with Crippen molar-refractivity contribution in [1.29, 1.82) is 0 Å². The summed E-state index contributed by atoms with van der Waals surface area (Å²) in [5.41, 5.74) is 0. The van der Waals surface area contributed by atoms with Crippen molar-refractivity contribution in [1.82, 2.24) is 4.90 Å². The summed E-state index contributed by atoms with van der Waals surface area (Å²) in [5, 5.41) is 9.60. The van der Waals surface area contributed by atoms with Gasteiger partial charge in [-0.05, 0) is 64.5 Å². The molecule has 0 saturated heterocycles. The number of esters is 2. The zero-order valence-electron chi connectivity index (χ0n) is 38.4. The molecule has 0 saturated carbocycles. The van der Waals surface area contributed by atoms with Gasteiger partial charge in [0.2, 0.25) is 0 Å². The second-order valence-electron chi connectivity index (χ2n) is 17.3. The molecule has 0 bridgehead atoms. The maximum absolute atomic E-state index is 12.9. The van der Waals surface area contributed by atoms with E-state index in [1.54, 1.807) is 0 Å². The number of unbranched alkanes of at least 4 members (excludes halogenated alkanes) is 26. The Morgan fingerprint density at radius 3 is 0.964 bits per heavy atom. The first-order chi connectivity index (χ1) is 27.5. The normalized spacial score (nSPS) is 12.2. The zero-order valence-corrected chi connectivity index (χ0v) is 38.4. The quantitative estimate of drug-likeness (QED) is 0.0489. The minimum absolute atomic E-state index is 0.0619. The molecule has 0 aliphatic heterocycles. The zero-order chi connectivity index (χ0) is 41.0. The molecular weight excluding hydrogens is 695 g/mol. The molecule has 334 valence electrons. The van der Waals surface area contributed by atoms with Crippen LogP contribution in [0.15, 0.2) is 0 Å². The van der Waals surface area contributed by atoms with Crippen LogP contribution in [0.4, 0.5) is 0 Å². The molecule has 0 aliphatic carbocycles. The summed E-state index contributed by atoms with van der Waals surface area (Å²) in [6.07, 6.45) is 43.0. The third kappa shape index (κ3) is 37.2. The van der Waals surface area contributed by atoms with Crippen molar-refractivity contribution >= 4 is 11.9 Å². The number of carbonyl (C=O) groups excluding carboxylic acids is 2. The highest BCUT2D eigenvalue weighted by atomic mass is 16.5. The molecule has 0 aromatic carbocycles. The van der Waals surface area contributed by atoms with E-state index < -0.39 is 0 Å². The first-order valence-corrected chi connectivity index (χ1v) is 25.2. The van der Waals surface area contributed by atoms with Crippen molar-refractivity contribution in [2.24, 2.45) is 11.8 Å². The second-order valence-corrected chi connectivity index (χ2v) is 17.3. The number of rotatable bonds is 46. The summed E-state index contributed by atoms with van der Waals surface area (Å²) in [7, 11) is 0. The first-order valence-electron chi connectivity index (χ1n) is 25.2. The minimum atomic E-state index is 0.0619. The van der Waals surface area contributed by atoms with Gasteiger partial charge in [0.1, 0.15) is 0 Å². The van der Waals surface area contributed by atoms with Gasteiger partial charge < -0.3 is 19.5 Å². The fourth-order valence-electron chi connectivity index (χ4n) is 8.08. The Hall–Kier alpha value is -1.14. The van der Waals surface area contributed by atoms with Crippen molar-refractivity contribution < 1.29 is 24.2 Å². The summed E-state index contributed by atoms with van der Waals surface area (Å²) >= 11 is 0. The molecule has 0 fully saturated rings. The lowest BCUT2D eigenvalue weighted by Crippen LogP contribution is -2.29. The van der Waals surface area contributed by atoms with E-state index in [9.17, 15) is 14.7 Å². The molecule has 1 atom stereocenters. The summed E-state index contributed by atoms with van der Waals surface area (Å²) < 4.78 is 11.5. The van der Waals surface area contributed by atoms with Gasteiger partial charge in [-0.1, -0.05) is 207 Å². The fraction of sp³-hybridized carbons (Fsp3) is 0.960. The third-order valence-corrected chi connectivity index (χ3v) is 11.9. The van der Waals surface area contributed by atoms with Crippen LogP contribution >= 0.6 is 0 Å². The van der Waals surface area contributed by atoms with Gasteiger partial charge in [0.25, 0.3) is 0 Å². The van der Waals surface area contributed by atoms with Crippen LogP contribution in [0.5, 0.6) is 0 Å². The van der Waals surface area contributed by atoms with Crippen LogP contribution < -0.4 is 0 Å². The molecule has 6 heteroatoms. The SMILES string of the molecule is CCCCCCCCC(CCCCCC)C(=O)OCCCCCCCCCN(CCO)CCCCCCCCCOC(=O)C(CCCCCC)CCCCCC. The summed E-state index contributed by atoms with van der Waals surface area (Å²) in [4.78, 5) is 28.1. The van der Waals surface area contributed by atoms with Gasteiger partial charge in [-0.3, -0.25) is 9.59 Å². The molecule has 56 heavy (non-hydrogen) atoms. The summed E-state index contributed by atoms with van der Waals surface area (Å²) in [5.74, 6) is 0.346. The Balaban J connectivity index is 3.95. The molecule has 0 heterocycles. The van der Waals surface area contributed by atoms with Gasteiger partial charge in [-0.15, -0.1) is 0 Å². The molecule has 0 amide bonds. The van der Waals surface area contributed by atoms with E-state index in [4.69, 9.17) is 9.47 Å². The number of ether oxygens (including phenoxy) is 2. The van der Waals surface area contributed by atoms with Crippen LogP contribution in [0.2, 0.25) is 0 Å². The van der Waals surface area contributed by atoms with E-state index in [0.29, 0.717) is 13.2 Å². The Morgan fingerprint density at radius 2 is 0.643 bits per heavy atom. The summed E-state index contributed by atoms with van der Waals surface area (Å²) in [6, 6.07) is 0. The Bertz CT molecular complexity index is 794. The number of nitrogens with zero attached hydrogens (tertiary/aromatic N) is 1. The predicted octanol–water partition coefficient (Wildman–Crippen LogP) is 14.7. The second kappa shape index (κ2) is 45.0. The molecule has 1 unspecified atom stereocenters. The van der Waals surface area contributed by atoms with Gasteiger partial charge in [0, 0.05) is 6.54 Å². The molecule has 0 aromatic rings. The predicted molar refractivity (Wildman–Crippen MR) is 241 cm³/mol. The number of hydrogen-bond donors (Lipinski definition) is 1. The van der Waals surface area contributed by atoms with Gasteiger partial charge in [-0.25, -0.2) is 0 Å². The Kier molecular flexibility index (Phi) is 44.0. The maximum Gasteiger partial charge on any atom is 0.308 e. The largest absolute Gasteiger partial charge is 0.465 e. The average Bonchev–Trinajstić information content (AvgIpc) is 3.20. The third-order valence-electron chi connectivity index (χ3n) is 11.9. The van der Waals surface area contributed by atoms with E-state index in [-0.39, 0.29) is 30.4 Å². The summed E-state index contributed by atoms with van der Waals surface area (Å²) in [6.45, 7) is 13.4. The van der Waals surface area contributed by atoms with Crippen molar-refractivity contribution in [2.45, 2.75) is 259 Å². The van der Waals surface area contributed by atoms with Crippen LogP contribution in [0.1, 0.15) is 259 Å². The van der Waals surface area contributed by atoms with Gasteiger partial charge >= 0.3 is 11.9 Å². The van der Waals surface area contributed by atoms with Gasteiger partial charge in [0.15, 0.2) is 0 Å². The minimum Gasteiger partial charge on any atom is -0.465 e. The lowest BCUT2D eigenvalue weighted by Gasteiger charge is -2.21. The topological polar surface area (TPSA) is 76.1 Å². The number of hydrogen-bond acceptors (Lipinski definition) is 6. The van der Waals surface area contributed by atoms with Gasteiger partial charge in [-0.2, -0.15) is 0 Å². The molecule has 0 aliphatic rings. The van der Waals surface area contributed by atoms with E-state index >= 15 is 0 Å². The van der Waals surface area contributed by atoms with Crippen molar-refractivity contribution in [3.8, 4) is 0 Å². The van der Waals surface area contributed by atoms with Crippen LogP contribution in [-0.4, -0.2) is 61.4 Å². The highest BCUT2D eigenvalue weighted by Crippen LogP contribution is 2.22. The molecular formula is C50H99NO5. The standard InChI is InChI=1S/C50H99NO5/c1-5-9-13-17-24-32-40-48(39-31-16-12-8-4)50(54)56-46-36-28-23-19-21-26-34-42-51(43-44-52)41-33-25-20-18-22-27-35-45-55-49(53)47(37-29-14-10-6-2)38-30-15-11-7-3/h47-48,52H,5-46H2,1-4H3. The lowest BCUT2D eigenvalue weighted by molar-refractivity contribution is -0.150. The van der Waals surface area contributed by atoms with E-state index in [1.807, 2.05) is 0 Å². The number of aliphatic hydroxyl groups excluding tert-OH is 1. The van der Waals surface area contributed by atoms with Gasteiger partial charge in [0.05, 0.1) is 31.7 Å². The monoisotopic (exact) mass is 794 g/mol. The number of aliphatic hydroxyl groups is 1. The van der Waals surface area contributed by atoms with Crippen LogP contribution in [0.25, 0.3) is 0 Å². The molecule has 0 rings (SSSR count). The highest BCUT2D eigenvalue weighted by molar-refractivity contribution is 5.72. The van der Waals surface area contributed by atoms with Crippen molar-refractivity contribution in [2.75, 3.05) is 39.5 Å². The van der Waals surface area contributed by atoms with E-state index in [2.05, 4.69) is 32.6 Å². The molecule has 0 spiro atoms. The van der Waals surface area contributed by atoms with Crippen LogP contribution in [-0.2, 0) is 19.1 Å². The molecule has 0 aromatic heterocycles. The van der Waals surface area contributed by atoms with E-state index in [0.717, 1.165) is 96.7 Å². The Morgan fingerprint density at radius 1 is 0.375 bits per heavy atom. The molecule has 0 radical (unpaired) electrons. The first kappa shape index (κ1) is 54.9. The van der Waals surface area contributed by atoms with Crippen LogP contribution in [0.3, 0.4) is 0 Å². The average molecular weight is 794 g/mol. The van der Waals surface area contributed by atoms with Crippen molar-refractivity contribution in [3.05, 3.63) is 0 Å². The van der Waals surface area contributed by atoms with E-state index in [1.165, 1.54) is 154 Å². The lowest BCUT2D eigenvalue weighted by atomic mass is 9.94. The Labute approximate surface area is 350 Å². The fourth-order valence-corrected chi connectivity index (χ4v) is 8.08. The molecule has 1 N–H and O–H groups in total. The smallest absolute Gasteiger partial charge is 0.308 e. The maximum atomic E-state index is 12.9. The van der Waals surface area contributed by atoms with Crippen LogP contribution in [0, 0.1) is 11.8 Å². The molecule has 6 nitrogen and oxygen atoms in total. The number of carbonyl (C=O) groups is 2. The van der Waals surface area contributed by atoms with Crippen molar-refractivity contribution in [3.63, 3.8) is 0 Å². The highest BCUT2D eigenvalue weighted by Gasteiger charge is 2.20.